The van der Waals surface area contributed by atoms with Gasteiger partial charge in [0.15, 0.2) is 11.5 Å². The first-order chi connectivity index (χ1) is 9.76. The molecular formula is C15H21N3O2. The maximum absolute atomic E-state index is 5.50. The van der Waals surface area contributed by atoms with Crippen molar-refractivity contribution in [2.24, 2.45) is 0 Å². The number of aromatic nitrogens is 2. The number of ether oxygens (including phenoxy) is 2. The summed E-state index contributed by atoms with van der Waals surface area (Å²) in [7, 11) is 1.65. The fourth-order valence-corrected chi connectivity index (χ4v) is 1.93. The Morgan fingerprint density at radius 2 is 2.10 bits per heavy atom. The normalized spacial score (nSPS) is 10.3. The molecule has 0 fully saturated rings. The predicted molar refractivity (Wildman–Crippen MR) is 79.4 cm³/mol. The molecule has 0 atom stereocenters. The van der Waals surface area contributed by atoms with Gasteiger partial charge in [-0.3, -0.25) is 4.68 Å². The molecule has 20 heavy (non-hydrogen) atoms. The summed E-state index contributed by atoms with van der Waals surface area (Å²) in [4.78, 5) is 0. The third-order valence-corrected chi connectivity index (χ3v) is 2.98. The van der Waals surface area contributed by atoms with Crippen molar-refractivity contribution in [1.82, 2.24) is 9.78 Å². The van der Waals surface area contributed by atoms with Crippen LogP contribution in [0.5, 0.6) is 11.5 Å². The first kappa shape index (κ1) is 14.2. The number of hydrogen-bond donors (Lipinski definition) is 1. The average molecular weight is 275 g/mol. The number of nitrogens with zero attached hydrogens (tertiary/aromatic N) is 2. The Balaban J connectivity index is 2.02. The second-order valence-corrected chi connectivity index (χ2v) is 4.36. The van der Waals surface area contributed by atoms with Crippen molar-refractivity contribution in [3.8, 4) is 11.5 Å². The highest BCUT2D eigenvalue weighted by molar-refractivity contribution is 5.45. The molecule has 0 radical (unpaired) electrons. The number of nitrogens with one attached hydrogen (secondary N) is 1. The van der Waals surface area contributed by atoms with Gasteiger partial charge in [-0.25, -0.2) is 0 Å². The lowest BCUT2D eigenvalue weighted by atomic mass is 10.2. The van der Waals surface area contributed by atoms with Crippen LogP contribution in [0.3, 0.4) is 0 Å². The van der Waals surface area contributed by atoms with Crippen LogP contribution in [0.25, 0.3) is 0 Å². The minimum absolute atomic E-state index is 0.629. The zero-order valence-corrected chi connectivity index (χ0v) is 12.2. The Kier molecular flexibility index (Phi) is 4.87. The van der Waals surface area contributed by atoms with Gasteiger partial charge in [0.1, 0.15) is 0 Å². The van der Waals surface area contributed by atoms with Crippen LogP contribution in [0.4, 0.5) is 5.69 Å². The maximum Gasteiger partial charge on any atom is 0.161 e. The van der Waals surface area contributed by atoms with Gasteiger partial charge >= 0.3 is 0 Å². The quantitative estimate of drug-likeness (QED) is 0.844. The van der Waals surface area contributed by atoms with E-state index in [9.17, 15) is 0 Å². The molecule has 0 aliphatic carbocycles. The number of anilines is 1. The summed E-state index contributed by atoms with van der Waals surface area (Å²) in [5.74, 6) is 1.54. The van der Waals surface area contributed by atoms with Crippen LogP contribution in [0.2, 0.25) is 0 Å². The Morgan fingerprint density at radius 1 is 1.25 bits per heavy atom. The highest BCUT2D eigenvalue weighted by Crippen LogP contribution is 2.28. The molecule has 0 saturated heterocycles. The van der Waals surface area contributed by atoms with Crippen molar-refractivity contribution in [3.63, 3.8) is 0 Å². The number of hydrogen-bond acceptors (Lipinski definition) is 4. The van der Waals surface area contributed by atoms with Crippen LogP contribution in [0.1, 0.15) is 19.4 Å². The van der Waals surface area contributed by atoms with Crippen LogP contribution in [-0.2, 0) is 13.1 Å². The van der Waals surface area contributed by atoms with E-state index < -0.39 is 0 Å². The van der Waals surface area contributed by atoms with Crippen LogP contribution in [0.15, 0.2) is 30.6 Å². The second kappa shape index (κ2) is 6.84. The summed E-state index contributed by atoms with van der Waals surface area (Å²) in [5.41, 5.74) is 2.15. The highest BCUT2D eigenvalue weighted by Gasteiger charge is 2.05. The molecule has 5 nitrogen and oxygen atoms in total. The van der Waals surface area contributed by atoms with Crippen molar-refractivity contribution in [1.29, 1.82) is 0 Å². The van der Waals surface area contributed by atoms with Gasteiger partial charge in [0.25, 0.3) is 0 Å². The summed E-state index contributed by atoms with van der Waals surface area (Å²) in [6, 6.07) is 5.96. The Morgan fingerprint density at radius 3 is 2.75 bits per heavy atom. The first-order valence-electron chi connectivity index (χ1n) is 6.82. The van der Waals surface area contributed by atoms with Gasteiger partial charge in [-0.2, -0.15) is 5.10 Å². The molecule has 1 heterocycles. The molecule has 0 spiro atoms. The van der Waals surface area contributed by atoms with E-state index in [0.717, 1.165) is 35.8 Å². The molecule has 2 aromatic rings. The zero-order chi connectivity index (χ0) is 14.4. The summed E-state index contributed by atoms with van der Waals surface area (Å²) >= 11 is 0. The van der Waals surface area contributed by atoms with Crippen LogP contribution >= 0.6 is 0 Å². The van der Waals surface area contributed by atoms with Gasteiger partial charge in [0, 0.05) is 19.3 Å². The predicted octanol–water partition coefficient (Wildman–Crippen LogP) is 2.92. The lowest BCUT2D eigenvalue weighted by Crippen LogP contribution is -2.01. The standard InChI is InChI=1S/C15H21N3O2/c1-4-18-11-13(10-17-18)16-9-12-6-7-14(20-5-2)15(8-12)19-3/h6-8,10-11,16H,4-5,9H2,1-3H3. The smallest absolute Gasteiger partial charge is 0.161 e. The van der Waals surface area contributed by atoms with E-state index in [1.165, 1.54) is 0 Å². The maximum atomic E-state index is 5.50. The van der Waals surface area contributed by atoms with Crippen molar-refractivity contribution >= 4 is 5.69 Å². The summed E-state index contributed by atoms with van der Waals surface area (Å²) in [6.07, 6.45) is 3.82. The third kappa shape index (κ3) is 3.44. The number of aryl methyl sites for hydroxylation is 1. The molecule has 1 aromatic carbocycles. The third-order valence-electron chi connectivity index (χ3n) is 2.98. The lowest BCUT2D eigenvalue weighted by Gasteiger charge is -2.11. The Labute approximate surface area is 119 Å². The molecule has 0 unspecified atom stereocenters. The van der Waals surface area contributed by atoms with Crippen molar-refractivity contribution in [2.75, 3.05) is 19.0 Å². The van der Waals surface area contributed by atoms with Crippen molar-refractivity contribution in [2.45, 2.75) is 26.9 Å². The van der Waals surface area contributed by atoms with Gasteiger partial charge in [-0.05, 0) is 31.5 Å². The van der Waals surface area contributed by atoms with Crippen LogP contribution in [0, 0.1) is 0 Å². The van der Waals surface area contributed by atoms with Gasteiger partial charge in [0.2, 0.25) is 0 Å². The molecule has 0 bridgehead atoms. The lowest BCUT2D eigenvalue weighted by molar-refractivity contribution is 0.310. The topological polar surface area (TPSA) is 48.3 Å². The molecular weight excluding hydrogens is 254 g/mol. The number of rotatable bonds is 7. The molecule has 0 aliphatic heterocycles. The van der Waals surface area contributed by atoms with E-state index in [4.69, 9.17) is 9.47 Å². The van der Waals surface area contributed by atoms with Crippen LogP contribution < -0.4 is 14.8 Å². The fourth-order valence-electron chi connectivity index (χ4n) is 1.93. The minimum atomic E-state index is 0.629. The largest absolute Gasteiger partial charge is 0.493 e. The van der Waals surface area contributed by atoms with E-state index in [-0.39, 0.29) is 0 Å². The minimum Gasteiger partial charge on any atom is -0.493 e. The number of methoxy groups -OCH3 is 1. The van der Waals surface area contributed by atoms with E-state index >= 15 is 0 Å². The Hall–Kier alpha value is -2.17. The molecule has 1 aromatic heterocycles. The zero-order valence-electron chi connectivity index (χ0n) is 12.2. The summed E-state index contributed by atoms with van der Waals surface area (Å²) in [5, 5.41) is 7.57. The molecule has 1 N–H and O–H groups in total. The van der Waals surface area contributed by atoms with E-state index in [0.29, 0.717) is 6.61 Å². The molecule has 108 valence electrons. The Bertz CT molecular complexity index is 552. The molecule has 0 aliphatic rings. The molecule has 0 saturated carbocycles. The van der Waals surface area contributed by atoms with Crippen molar-refractivity contribution < 1.29 is 9.47 Å². The first-order valence-corrected chi connectivity index (χ1v) is 6.82. The van der Waals surface area contributed by atoms with E-state index in [1.54, 1.807) is 7.11 Å². The van der Waals surface area contributed by atoms with Gasteiger partial charge in [-0.1, -0.05) is 6.07 Å². The van der Waals surface area contributed by atoms with E-state index in [1.807, 2.05) is 42.2 Å². The van der Waals surface area contributed by atoms with Gasteiger partial charge in [0.05, 0.1) is 25.6 Å². The highest BCUT2D eigenvalue weighted by atomic mass is 16.5. The second-order valence-electron chi connectivity index (χ2n) is 4.36. The van der Waals surface area contributed by atoms with Crippen LogP contribution in [-0.4, -0.2) is 23.5 Å². The van der Waals surface area contributed by atoms with Crippen molar-refractivity contribution in [3.05, 3.63) is 36.2 Å². The SMILES string of the molecule is CCOc1ccc(CNc2cnn(CC)c2)cc1OC. The fraction of sp³-hybridized carbons (Fsp3) is 0.400. The summed E-state index contributed by atoms with van der Waals surface area (Å²) < 4.78 is 12.7. The molecule has 0 amide bonds. The summed E-state index contributed by atoms with van der Waals surface area (Å²) in [6.45, 7) is 6.25. The average Bonchev–Trinajstić information content (AvgIpc) is 2.94. The molecule has 2 rings (SSSR count). The van der Waals surface area contributed by atoms with Gasteiger partial charge < -0.3 is 14.8 Å². The molecule has 5 heteroatoms. The van der Waals surface area contributed by atoms with Gasteiger partial charge in [-0.15, -0.1) is 0 Å². The monoisotopic (exact) mass is 275 g/mol. The van der Waals surface area contributed by atoms with E-state index in [2.05, 4.69) is 17.3 Å². The number of benzene rings is 1.